The first-order chi connectivity index (χ1) is 12.7. The predicted molar refractivity (Wildman–Crippen MR) is 107 cm³/mol. The van der Waals surface area contributed by atoms with E-state index in [1.165, 1.54) is 16.7 Å². The van der Waals surface area contributed by atoms with Crippen LogP contribution in [-0.4, -0.2) is 26.3 Å². The zero-order valence-corrected chi connectivity index (χ0v) is 15.1. The molecule has 0 amide bonds. The van der Waals surface area contributed by atoms with Crippen molar-refractivity contribution in [2.24, 2.45) is 10.8 Å². The zero-order chi connectivity index (χ0) is 18.5. The number of hydrogen-bond donors (Lipinski definition) is 1. The molecule has 6 heteroatoms. The quantitative estimate of drug-likeness (QED) is 0.491. The average molecular weight is 368 g/mol. The highest BCUT2D eigenvalue weighted by Crippen LogP contribution is 2.35. The van der Waals surface area contributed by atoms with E-state index < -0.39 is 0 Å². The molecule has 2 aromatic carbocycles. The summed E-state index contributed by atoms with van der Waals surface area (Å²) in [5.41, 5.74) is 19.3. The summed E-state index contributed by atoms with van der Waals surface area (Å²) in [4.78, 5) is 2.84. The molecule has 4 atom stereocenters. The minimum atomic E-state index is -0.0950. The summed E-state index contributed by atoms with van der Waals surface area (Å²) in [7, 11) is 3.36. The van der Waals surface area contributed by atoms with Crippen LogP contribution in [0.3, 0.4) is 0 Å². The Labute approximate surface area is 160 Å². The Kier molecular flexibility index (Phi) is 7.39. The Bertz CT molecular complexity index is 804. The van der Waals surface area contributed by atoms with Crippen LogP contribution in [0, 0.1) is 0 Å². The molecule has 0 aliphatic heterocycles. The Balaban J connectivity index is 0.000000189. The number of methoxy groups -OCH3 is 2. The Morgan fingerprint density at radius 2 is 1.44 bits per heavy atom. The maximum absolute atomic E-state index is 8.42. The van der Waals surface area contributed by atoms with Crippen LogP contribution in [0.1, 0.15) is 41.9 Å². The second-order valence-corrected chi connectivity index (χ2v) is 6.55. The molecule has 2 aliphatic rings. The number of fused-ring (bicyclic) bond motifs is 2. The second kappa shape index (κ2) is 9.53. The number of benzene rings is 2. The van der Waals surface area contributed by atoms with Crippen molar-refractivity contribution >= 4 is 0 Å². The van der Waals surface area contributed by atoms with Gasteiger partial charge in [0.2, 0.25) is 0 Å². The third kappa shape index (κ3) is 4.31. The number of ether oxygens (including phenoxy) is 2. The fraction of sp³-hybridized carbons (Fsp3) is 0.429. The lowest BCUT2D eigenvalue weighted by Crippen LogP contribution is -2.25. The lowest BCUT2D eigenvalue weighted by Gasteiger charge is -2.13. The van der Waals surface area contributed by atoms with Crippen molar-refractivity contribution in [3.8, 4) is 0 Å². The molecule has 0 aromatic heterocycles. The zero-order valence-electron chi connectivity index (χ0n) is 15.1. The molecule has 4 rings (SSSR count). The van der Waals surface area contributed by atoms with Gasteiger partial charge >= 0.3 is 0 Å². The fourth-order valence-electron chi connectivity index (χ4n) is 3.88. The standard InChI is InChI=1S/C10H11N3O.C10H13NO.CH4/c1-14-10-8-5-3-2-4-7(8)6-9(10)12-13-11;1-12-10-8-5-3-2-4-7(8)6-9(10)11;/h2-5,9-10H,6H2,1H3;2-5,9-10H,6,11H2,1H3;1H4. The third-order valence-corrected chi connectivity index (χ3v) is 5.05. The van der Waals surface area contributed by atoms with Crippen molar-refractivity contribution < 1.29 is 9.47 Å². The van der Waals surface area contributed by atoms with Crippen LogP contribution >= 0.6 is 0 Å². The van der Waals surface area contributed by atoms with Gasteiger partial charge in [0, 0.05) is 25.2 Å². The highest BCUT2D eigenvalue weighted by Gasteiger charge is 2.31. The minimum absolute atomic E-state index is 0. The van der Waals surface area contributed by atoms with Crippen LogP contribution in [-0.2, 0) is 22.3 Å². The topological polar surface area (TPSA) is 93.2 Å². The molecule has 2 aliphatic carbocycles. The third-order valence-electron chi connectivity index (χ3n) is 5.05. The number of hydrogen-bond acceptors (Lipinski definition) is 4. The molecule has 0 radical (unpaired) electrons. The summed E-state index contributed by atoms with van der Waals surface area (Å²) in [5, 5.41) is 3.75. The largest absolute Gasteiger partial charge is 0.376 e. The summed E-state index contributed by atoms with van der Waals surface area (Å²) in [6, 6.07) is 16.4. The monoisotopic (exact) mass is 368 g/mol. The van der Waals surface area contributed by atoms with Crippen LogP contribution in [0.25, 0.3) is 10.4 Å². The smallest absolute Gasteiger partial charge is 0.0977 e. The van der Waals surface area contributed by atoms with Gasteiger partial charge in [0.25, 0.3) is 0 Å². The van der Waals surface area contributed by atoms with Gasteiger partial charge < -0.3 is 15.2 Å². The fourth-order valence-corrected chi connectivity index (χ4v) is 3.88. The Morgan fingerprint density at radius 3 is 2.00 bits per heavy atom. The van der Waals surface area contributed by atoms with E-state index in [9.17, 15) is 0 Å². The summed E-state index contributed by atoms with van der Waals surface area (Å²) < 4.78 is 10.7. The molecule has 0 fully saturated rings. The normalized spacial score (nSPS) is 24.6. The molecule has 0 saturated carbocycles. The van der Waals surface area contributed by atoms with E-state index in [1.54, 1.807) is 14.2 Å². The number of rotatable bonds is 3. The van der Waals surface area contributed by atoms with Gasteiger partial charge in [-0.25, -0.2) is 0 Å². The molecule has 0 bridgehead atoms. The van der Waals surface area contributed by atoms with Crippen molar-refractivity contribution in [2.45, 2.75) is 44.6 Å². The van der Waals surface area contributed by atoms with Crippen LogP contribution in [0.5, 0.6) is 0 Å². The van der Waals surface area contributed by atoms with Crippen molar-refractivity contribution in [3.63, 3.8) is 0 Å². The van der Waals surface area contributed by atoms with Crippen LogP contribution in [0.2, 0.25) is 0 Å². The second-order valence-electron chi connectivity index (χ2n) is 6.55. The van der Waals surface area contributed by atoms with Crippen molar-refractivity contribution in [3.05, 3.63) is 81.2 Å². The molecule has 144 valence electrons. The van der Waals surface area contributed by atoms with Gasteiger partial charge in [0.05, 0.1) is 18.2 Å². The molecule has 4 unspecified atom stereocenters. The van der Waals surface area contributed by atoms with E-state index in [1.807, 2.05) is 36.4 Å². The first-order valence-electron chi connectivity index (χ1n) is 8.70. The Hall–Kier alpha value is -2.37. The summed E-state index contributed by atoms with van der Waals surface area (Å²) in [6.07, 6.45) is 1.73. The summed E-state index contributed by atoms with van der Waals surface area (Å²) in [5.74, 6) is 0. The summed E-state index contributed by atoms with van der Waals surface area (Å²) in [6.45, 7) is 0. The molecule has 0 saturated heterocycles. The van der Waals surface area contributed by atoms with Crippen molar-refractivity contribution in [1.82, 2.24) is 0 Å². The van der Waals surface area contributed by atoms with Crippen molar-refractivity contribution in [1.29, 1.82) is 0 Å². The van der Waals surface area contributed by atoms with Gasteiger partial charge in [-0.3, -0.25) is 0 Å². The van der Waals surface area contributed by atoms with Gasteiger partial charge in [-0.2, -0.15) is 0 Å². The Morgan fingerprint density at radius 1 is 0.926 bits per heavy atom. The van der Waals surface area contributed by atoms with Gasteiger partial charge in [0.1, 0.15) is 0 Å². The lowest BCUT2D eigenvalue weighted by atomic mass is 10.1. The lowest BCUT2D eigenvalue weighted by molar-refractivity contribution is 0.0903. The van der Waals surface area contributed by atoms with Gasteiger partial charge in [-0.1, -0.05) is 61.1 Å². The molecule has 2 N–H and O–H groups in total. The van der Waals surface area contributed by atoms with E-state index >= 15 is 0 Å². The van der Waals surface area contributed by atoms with Gasteiger partial charge in [-0.05, 0) is 40.6 Å². The molecule has 6 nitrogen and oxygen atoms in total. The molecule has 0 heterocycles. The number of nitrogens with zero attached hydrogens (tertiary/aromatic N) is 3. The average Bonchev–Trinajstić information content (AvgIpc) is 3.18. The highest BCUT2D eigenvalue weighted by atomic mass is 16.5. The maximum Gasteiger partial charge on any atom is 0.0977 e. The first kappa shape index (κ1) is 20.9. The predicted octanol–water partition coefficient (Wildman–Crippen LogP) is 4.50. The van der Waals surface area contributed by atoms with Gasteiger partial charge in [0.15, 0.2) is 0 Å². The molecular formula is C21H28N4O2. The SMILES string of the molecule is C.COC1c2ccccc2CC1N.COC1c2ccccc2CC1N=[N+]=[N-]. The van der Waals surface area contributed by atoms with Gasteiger partial charge in [-0.15, -0.1) is 0 Å². The van der Waals surface area contributed by atoms with E-state index in [0.29, 0.717) is 0 Å². The van der Waals surface area contributed by atoms with Crippen LogP contribution in [0.4, 0.5) is 0 Å². The van der Waals surface area contributed by atoms with Crippen LogP contribution < -0.4 is 5.73 Å². The van der Waals surface area contributed by atoms with E-state index in [2.05, 4.69) is 22.2 Å². The molecule has 2 aromatic rings. The number of azide groups is 1. The minimum Gasteiger partial charge on any atom is -0.376 e. The first-order valence-corrected chi connectivity index (χ1v) is 8.70. The molecule has 0 spiro atoms. The van der Waals surface area contributed by atoms with E-state index in [0.717, 1.165) is 18.4 Å². The van der Waals surface area contributed by atoms with Crippen molar-refractivity contribution in [2.75, 3.05) is 14.2 Å². The summed E-state index contributed by atoms with van der Waals surface area (Å²) >= 11 is 0. The maximum atomic E-state index is 8.42. The van der Waals surface area contributed by atoms with Crippen LogP contribution in [0.15, 0.2) is 53.6 Å². The van der Waals surface area contributed by atoms with E-state index in [4.69, 9.17) is 20.7 Å². The molecular weight excluding hydrogens is 340 g/mol. The highest BCUT2D eigenvalue weighted by molar-refractivity contribution is 5.36. The van der Waals surface area contributed by atoms with E-state index in [-0.39, 0.29) is 31.7 Å². The molecule has 27 heavy (non-hydrogen) atoms. The number of nitrogens with two attached hydrogens (primary N) is 1.